The van der Waals surface area contributed by atoms with Gasteiger partial charge < -0.3 is 40.2 Å². The van der Waals surface area contributed by atoms with Crippen molar-refractivity contribution in [2.24, 2.45) is 10.8 Å². The van der Waals surface area contributed by atoms with E-state index in [9.17, 15) is 50.6 Å². The number of anilines is 1. The minimum atomic E-state index is -5.22. The molecule has 0 unspecified atom stereocenters. The predicted molar refractivity (Wildman–Crippen MR) is 266 cm³/mol. The third-order valence-electron chi connectivity index (χ3n) is 14.3. The number of ether oxygens (including phenoxy) is 3. The Kier molecular flexibility index (Phi) is 17.9. The summed E-state index contributed by atoms with van der Waals surface area (Å²) in [7, 11) is 1.85. The van der Waals surface area contributed by atoms with Crippen LogP contribution in [0.3, 0.4) is 0 Å². The molecule has 2 bridgehead atoms. The lowest BCUT2D eigenvalue weighted by molar-refractivity contribution is -0.239. The molecule has 25 heteroatoms. The fourth-order valence-electron chi connectivity index (χ4n) is 9.24. The monoisotopic (exact) mass is 1100 g/mol. The number of hydrazine groups is 1. The Labute approximate surface area is 444 Å². The van der Waals surface area contributed by atoms with Crippen molar-refractivity contribution in [3.63, 3.8) is 0 Å². The number of carbonyl (C=O) groups is 4. The van der Waals surface area contributed by atoms with Gasteiger partial charge in [-0.05, 0) is 94.6 Å². The number of alkyl halides is 6. The summed E-state index contributed by atoms with van der Waals surface area (Å²) in [5, 5.41) is 18.8. The highest BCUT2D eigenvalue weighted by Crippen LogP contribution is 2.43. The topological polar surface area (TPSA) is 200 Å². The summed E-state index contributed by atoms with van der Waals surface area (Å²) in [5.74, 6) is 1.22. The van der Waals surface area contributed by atoms with E-state index in [4.69, 9.17) is 9.47 Å². The molecule has 4 saturated heterocycles. The van der Waals surface area contributed by atoms with Gasteiger partial charge in [0.2, 0.25) is 5.91 Å². The first-order valence-electron chi connectivity index (χ1n) is 24.7. The Morgan fingerprint density at radius 3 is 1.99 bits per heavy atom. The highest BCUT2D eigenvalue weighted by atomic mass is 19.4. The van der Waals surface area contributed by atoms with E-state index in [0.717, 1.165) is 64.8 Å². The number of halogens is 8. The Morgan fingerprint density at radius 1 is 0.821 bits per heavy atom. The zero-order valence-corrected chi connectivity index (χ0v) is 43.3. The van der Waals surface area contributed by atoms with E-state index in [-0.39, 0.29) is 11.3 Å². The summed E-state index contributed by atoms with van der Waals surface area (Å²) in [5.41, 5.74) is -3.34. The molecule has 0 saturated carbocycles. The summed E-state index contributed by atoms with van der Waals surface area (Å²) in [4.78, 5) is 66.3. The first kappa shape index (κ1) is 58.5. The minimum absolute atomic E-state index is 0.0324. The van der Waals surface area contributed by atoms with Crippen LogP contribution in [0.1, 0.15) is 56.4 Å². The third kappa shape index (κ3) is 13.4. The predicted octanol–water partition coefficient (Wildman–Crippen LogP) is 6.03. The van der Waals surface area contributed by atoms with Crippen LogP contribution < -0.4 is 26.3 Å². The molecule has 17 nitrogen and oxygen atoms in total. The van der Waals surface area contributed by atoms with Crippen LogP contribution in [0.25, 0.3) is 11.3 Å². The van der Waals surface area contributed by atoms with Crippen molar-refractivity contribution in [1.82, 2.24) is 41.3 Å². The van der Waals surface area contributed by atoms with Crippen molar-refractivity contribution >= 4 is 29.8 Å². The summed E-state index contributed by atoms with van der Waals surface area (Å²) < 4.78 is 134. The Balaban J connectivity index is 1.17. The average Bonchev–Trinajstić information content (AvgIpc) is 3.40. The second-order valence-corrected chi connectivity index (χ2v) is 20.4. The number of aliphatic hydroxyl groups is 1. The third-order valence-corrected chi connectivity index (χ3v) is 14.3. The summed E-state index contributed by atoms with van der Waals surface area (Å²) >= 11 is 0. The number of carbonyl (C=O) groups excluding carboxylic acids is 4. The fraction of sp³-hybridized carbons (Fsp3) is 0.472. The number of aliphatic hydroxyl groups excluding tert-OH is 1. The zero-order valence-electron chi connectivity index (χ0n) is 43.3. The van der Waals surface area contributed by atoms with E-state index in [2.05, 4.69) is 47.1 Å². The number of piperazine rings is 1. The number of alkyl carbamates (subject to hydrolysis) is 2. The minimum Gasteiger partial charge on any atom is -0.453 e. The Morgan fingerprint density at radius 2 is 1.45 bits per heavy atom. The number of pyridine rings is 2. The SMILES string of the molecule is CNC(=O)O[C@H](C(=O)NN(Cc1c(F)cc(-c2ccccn2)cc1F)C[C@H](O)[C@H](Cc1ccc(C#Cc2ccc(N3C[C@@H]4C[C@@H](C3)N4C3COC3)nc2)cc1)NC(=O)[C@@H](NC(=O)OC)C(C)(C)C(F)(F)F)C(C)(C)C(F)(F)F. The summed E-state index contributed by atoms with van der Waals surface area (Å²) in [6.45, 7) is 3.48. The normalized spacial score (nSPS) is 18.4. The number of amides is 4. The first-order chi connectivity index (χ1) is 36.7. The number of fused-ring (bicyclic) bond motifs is 2. The van der Waals surface area contributed by atoms with Crippen LogP contribution in [0.2, 0.25) is 0 Å². The second-order valence-electron chi connectivity index (χ2n) is 20.4. The first-order valence-corrected chi connectivity index (χ1v) is 24.7. The number of hydrogen-bond acceptors (Lipinski definition) is 13. The van der Waals surface area contributed by atoms with E-state index in [0.29, 0.717) is 67.5 Å². The molecule has 6 atom stereocenters. The molecular weight excluding hydrogens is 1040 g/mol. The number of methoxy groups -OCH3 is 1. The van der Waals surface area contributed by atoms with Crippen LogP contribution >= 0.6 is 0 Å². The largest absolute Gasteiger partial charge is 0.453 e. The second kappa shape index (κ2) is 23.8. The maximum Gasteiger partial charge on any atom is 0.407 e. The van der Waals surface area contributed by atoms with Gasteiger partial charge in [0.05, 0.1) is 49.6 Å². The molecule has 78 heavy (non-hydrogen) atoms. The number of piperidine rings is 1. The van der Waals surface area contributed by atoms with Crippen molar-refractivity contribution in [3.8, 4) is 23.1 Å². The van der Waals surface area contributed by atoms with Crippen molar-refractivity contribution in [2.45, 2.75) is 102 Å². The number of nitrogens with one attached hydrogen (secondary N) is 4. The molecule has 4 aromatic rings. The molecule has 420 valence electrons. The van der Waals surface area contributed by atoms with Gasteiger partial charge >= 0.3 is 24.5 Å². The zero-order chi connectivity index (χ0) is 56.9. The molecule has 0 radical (unpaired) electrons. The number of rotatable bonds is 18. The van der Waals surface area contributed by atoms with Crippen LogP contribution in [0.15, 0.2) is 79.1 Å². The van der Waals surface area contributed by atoms with Crippen LogP contribution in [0.5, 0.6) is 0 Å². The molecule has 8 rings (SSSR count). The van der Waals surface area contributed by atoms with Gasteiger partial charge in [0.15, 0.2) is 6.10 Å². The molecule has 2 aromatic carbocycles. The molecule has 0 spiro atoms. The number of nitrogens with zero attached hydrogens (tertiary/aromatic N) is 5. The number of aromatic nitrogens is 2. The van der Waals surface area contributed by atoms with Crippen molar-refractivity contribution in [2.75, 3.05) is 51.9 Å². The molecule has 0 aliphatic carbocycles. The van der Waals surface area contributed by atoms with Gasteiger partial charge in [-0.15, -0.1) is 0 Å². The Bertz CT molecular complexity index is 2810. The van der Waals surface area contributed by atoms with Gasteiger partial charge in [-0.2, -0.15) is 26.3 Å². The maximum absolute atomic E-state index is 16.0. The van der Waals surface area contributed by atoms with Gasteiger partial charge in [0.1, 0.15) is 28.9 Å². The van der Waals surface area contributed by atoms with Crippen molar-refractivity contribution < 1.29 is 73.6 Å². The van der Waals surface area contributed by atoms with Gasteiger partial charge in [0.25, 0.3) is 5.91 Å². The van der Waals surface area contributed by atoms with Gasteiger partial charge in [-0.25, -0.2) is 28.4 Å². The number of benzene rings is 2. The highest BCUT2D eigenvalue weighted by molar-refractivity contribution is 5.87. The molecule has 2 aromatic heterocycles. The average molecular weight is 1100 g/mol. The molecule has 6 heterocycles. The van der Waals surface area contributed by atoms with Gasteiger partial charge in [0, 0.05) is 80.0 Å². The lowest BCUT2D eigenvalue weighted by Crippen LogP contribution is -2.74. The van der Waals surface area contributed by atoms with Crippen LogP contribution in [0.4, 0.5) is 50.5 Å². The fourth-order valence-corrected chi connectivity index (χ4v) is 9.24. The lowest BCUT2D eigenvalue weighted by Gasteiger charge is -2.60. The lowest BCUT2D eigenvalue weighted by atomic mass is 9.82. The van der Waals surface area contributed by atoms with Crippen molar-refractivity contribution in [1.29, 1.82) is 0 Å². The molecule has 4 amide bonds. The van der Waals surface area contributed by atoms with E-state index < -0.39 is 108 Å². The smallest absolute Gasteiger partial charge is 0.407 e. The molecular formula is C53H59F8N9O8. The molecule has 4 aliphatic heterocycles. The van der Waals surface area contributed by atoms with Crippen LogP contribution in [-0.4, -0.2) is 151 Å². The highest BCUT2D eigenvalue weighted by Gasteiger charge is 2.58. The van der Waals surface area contributed by atoms with E-state index in [1.807, 2.05) is 22.8 Å². The standard InChI is InChI=1S/C53H59F8N9O8/c1-50(2,52(56,57)58)44(66-49(75)76-6)46(72)65-41(19-31-13-10-30(11-14-31)12-15-32-16-17-43(64-23-32)68-24-34-22-35(25-68)70(34)36-28-77-29-36)42(71)27-69(67-47(73)45(78-48(74)62-5)51(3,4)53(59,60)61)26-37-38(54)20-33(21-39(37)55)40-9-7-8-18-63-40/h7-11,13-14,16-18,20-21,23,34-36,41-42,44-45,71H,19,22,24-29H2,1-6H3,(H,62,74)(H,65,72)(H,66,75)(H,67,73)/t34-,35-,41-,42-,44+,45+/m0/s1. The quantitative estimate of drug-likeness (QED) is 0.0440. The van der Waals surface area contributed by atoms with Crippen molar-refractivity contribution in [3.05, 3.63) is 113 Å². The maximum atomic E-state index is 16.0. The van der Waals surface area contributed by atoms with E-state index in [1.165, 1.54) is 24.4 Å². The van der Waals surface area contributed by atoms with Crippen LogP contribution in [-0.2, 0) is 36.8 Å². The molecule has 4 aliphatic rings. The summed E-state index contributed by atoms with van der Waals surface area (Å²) in [6, 6.07) is 13.5. The molecule has 5 N–H and O–H groups in total. The molecule has 4 fully saturated rings. The Hall–Kier alpha value is -7.14. The number of hydrogen-bond donors (Lipinski definition) is 5. The van der Waals surface area contributed by atoms with E-state index in [1.54, 1.807) is 30.5 Å². The summed E-state index contributed by atoms with van der Waals surface area (Å²) in [6.07, 6.45) is -14.3. The van der Waals surface area contributed by atoms with Crippen LogP contribution in [0, 0.1) is 34.3 Å². The van der Waals surface area contributed by atoms with Gasteiger partial charge in [-0.3, -0.25) is 24.9 Å². The van der Waals surface area contributed by atoms with Gasteiger partial charge in [-0.1, -0.05) is 30.0 Å². The van der Waals surface area contributed by atoms with E-state index >= 15 is 8.78 Å².